The van der Waals surface area contributed by atoms with Crippen LogP contribution in [0.15, 0.2) is 0 Å². The molecule has 0 saturated carbocycles. The Bertz CT molecular complexity index is 187. The molecule has 0 aromatic heterocycles. The van der Waals surface area contributed by atoms with Crippen LogP contribution in [0.1, 0.15) is 20.3 Å². The lowest BCUT2D eigenvalue weighted by Gasteiger charge is -2.20. The number of nitrogens with two attached hydrogens (primary N) is 1. The van der Waals surface area contributed by atoms with Gasteiger partial charge in [0.25, 0.3) is 0 Å². The van der Waals surface area contributed by atoms with Gasteiger partial charge in [-0.15, -0.1) is 0 Å². The van der Waals surface area contributed by atoms with Crippen molar-refractivity contribution in [2.45, 2.75) is 38.5 Å². The van der Waals surface area contributed by atoms with Crippen LogP contribution in [0.5, 0.6) is 0 Å². The van der Waals surface area contributed by atoms with Crippen LogP contribution in [-0.4, -0.2) is 57.0 Å². The molecule has 3 atom stereocenters. The van der Waals surface area contributed by atoms with Crippen molar-refractivity contribution in [2.24, 2.45) is 11.7 Å². The lowest BCUT2D eigenvalue weighted by Crippen LogP contribution is -2.33. The molecule has 2 N–H and O–H groups in total. The maximum absolute atomic E-state index is 6.04. The van der Waals surface area contributed by atoms with Gasteiger partial charge in [-0.25, -0.2) is 0 Å². The summed E-state index contributed by atoms with van der Waals surface area (Å²) in [6, 6.07) is 0.294. The maximum Gasteiger partial charge on any atom is 0.0971 e. The van der Waals surface area contributed by atoms with E-state index in [9.17, 15) is 0 Å². The first kappa shape index (κ1) is 13.9. The Labute approximate surface area is 99.1 Å². The molecule has 1 heterocycles. The lowest BCUT2D eigenvalue weighted by atomic mass is 10.0. The molecule has 0 spiro atoms. The predicted molar refractivity (Wildman–Crippen MR) is 65.5 cm³/mol. The van der Waals surface area contributed by atoms with Gasteiger partial charge in [-0.3, -0.25) is 4.90 Å². The number of nitrogens with zero attached hydrogens (tertiary/aromatic N) is 1. The van der Waals surface area contributed by atoms with Crippen molar-refractivity contribution < 1.29 is 9.47 Å². The average Bonchev–Trinajstić information content (AvgIpc) is 2.67. The van der Waals surface area contributed by atoms with Crippen LogP contribution in [-0.2, 0) is 9.47 Å². The van der Waals surface area contributed by atoms with Gasteiger partial charge in [0.05, 0.1) is 12.2 Å². The number of rotatable bonds is 6. The third-order valence-corrected chi connectivity index (χ3v) is 3.53. The van der Waals surface area contributed by atoms with Crippen LogP contribution in [0.2, 0.25) is 0 Å². The molecule has 0 aromatic carbocycles. The molecule has 1 aliphatic rings. The summed E-state index contributed by atoms with van der Waals surface area (Å²) < 4.78 is 10.8. The smallest absolute Gasteiger partial charge is 0.0971 e. The summed E-state index contributed by atoms with van der Waals surface area (Å²) in [5.41, 5.74) is 6.04. The molecule has 4 heteroatoms. The van der Waals surface area contributed by atoms with Gasteiger partial charge in [-0.1, -0.05) is 13.8 Å². The summed E-state index contributed by atoms with van der Waals surface area (Å²) in [6.07, 6.45) is 1.46. The first-order valence-corrected chi connectivity index (χ1v) is 6.12. The van der Waals surface area contributed by atoms with Crippen LogP contribution < -0.4 is 5.73 Å². The second-order valence-electron chi connectivity index (χ2n) is 5.00. The molecule has 4 nitrogen and oxygen atoms in total. The first-order chi connectivity index (χ1) is 7.58. The molecule has 3 unspecified atom stereocenters. The number of likely N-dealkylation sites (tertiary alicyclic amines) is 1. The third-order valence-electron chi connectivity index (χ3n) is 3.53. The van der Waals surface area contributed by atoms with Crippen molar-refractivity contribution >= 4 is 0 Å². The van der Waals surface area contributed by atoms with Crippen LogP contribution in [0, 0.1) is 5.92 Å². The SMILES string of the molecule is COC1CN(CCC(N)C(C)C)CC1OC. The van der Waals surface area contributed by atoms with E-state index in [-0.39, 0.29) is 12.2 Å². The second-order valence-corrected chi connectivity index (χ2v) is 5.00. The van der Waals surface area contributed by atoms with Crippen molar-refractivity contribution in [3.63, 3.8) is 0 Å². The van der Waals surface area contributed by atoms with Gasteiger partial charge in [0.15, 0.2) is 0 Å². The fourth-order valence-corrected chi connectivity index (χ4v) is 2.12. The van der Waals surface area contributed by atoms with E-state index in [1.807, 2.05) is 0 Å². The fourth-order valence-electron chi connectivity index (χ4n) is 2.12. The summed E-state index contributed by atoms with van der Waals surface area (Å²) in [7, 11) is 3.50. The molecule has 0 bridgehead atoms. The van der Waals surface area contributed by atoms with Gasteiger partial charge >= 0.3 is 0 Å². The zero-order valence-electron chi connectivity index (χ0n) is 11.0. The molecule has 1 rings (SSSR count). The third kappa shape index (κ3) is 3.70. The molecule has 0 aromatic rings. The van der Waals surface area contributed by atoms with Gasteiger partial charge in [0.2, 0.25) is 0 Å². The Hall–Kier alpha value is -0.160. The average molecular weight is 230 g/mol. The zero-order valence-corrected chi connectivity index (χ0v) is 11.0. The Kier molecular flexibility index (Phi) is 5.69. The Morgan fingerprint density at radius 2 is 1.69 bits per heavy atom. The van der Waals surface area contributed by atoms with E-state index in [1.54, 1.807) is 14.2 Å². The quantitative estimate of drug-likeness (QED) is 0.730. The summed E-state index contributed by atoms with van der Waals surface area (Å²) in [5, 5.41) is 0. The minimum Gasteiger partial charge on any atom is -0.377 e. The standard InChI is InChI=1S/C12H26N2O2/c1-9(2)10(13)5-6-14-7-11(15-3)12(8-14)16-4/h9-12H,5-8,13H2,1-4H3. The number of hydrogen-bond acceptors (Lipinski definition) is 4. The molecule has 0 radical (unpaired) electrons. The Morgan fingerprint density at radius 3 is 2.06 bits per heavy atom. The van der Waals surface area contributed by atoms with Crippen molar-refractivity contribution in [3.05, 3.63) is 0 Å². The lowest BCUT2D eigenvalue weighted by molar-refractivity contribution is -0.00461. The number of ether oxygens (including phenoxy) is 2. The summed E-state index contributed by atoms with van der Waals surface area (Å²) in [5.74, 6) is 0.555. The molecule has 1 saturated heterocycles. The van der Waals surface area contributed by atoms with E-state index in [2.05, 4.69) is 18.7 Å². The topological polar surface area (TPSA) is 47.7 Å². The van der Waals surface area contributed by atoms with Gasteiger partial charge in [0.1, 0.15) is 0 Å². The normalized spacial score (nSPS) is 28.9. The van der Waals surface area contributed by atoms with E-state index in [4.69, 9.17) is 15.2 Å². The summed E-state index contributed by atoms with van der Waals surface area (Å²) in [6.45, 7) is 7.30. The fraction of sp³-hybridized carbons (Fsp3) is 1.00. The van der Waals surface area contributed by atoms with E-state index in [1.165, 1.54) is 0 Å². The summed E-state index contributed by atoms with van der Waals surface area (Å²) in [4.78, 5) is 2.38. The first-order valence-electron chi connectivity index (χ1n) is 6.12. The highest BCUT2D eigenvalue weighted by Crippen LogP contribution is 2.16. The van der Waals surface area contributed by atoms with E-state index in [0.717, 1.165) is 26.1 Å². The number of hydrogen-bond donors (Lipinski definition) is 1. The minimum absolute atomic E-state index is 0.209. The highest BCUT2D eigenvalue weighted by Gasteiger charge is 2.32. The molecule has 1 fully saturated rings. The zero-order chi connectivity index (χ0) is 12.1. The Balaban J connectivity index is 2.29. The molecule has 0 amide bonds. The second kappa shape index (κ2) is 6.55. The van der Waals surface area contributed by atoms with Gasteiger partial charge < -0.3 is 15.2 Å². The minimum atomic E-state index is 0.209. The van der Waals surface area contributed by atoms with E-state index in [0.29, 0.717) is 12.0 Å². The van der Waals surface area contributed by atoms with Gasteiger partial charge in [0, 0.05) is 33.4 Å². The van der Waals surface area contributed by atoms with Crippen molar-refractivity contribution in [3.8, 4) is 0 Å². The molecule has 1 aliphatic heterocycles. The molecular formula is C12H26N2O2. The van der Waals surface area contributed by atoms with E-state index < -0.39 is 0 Å². The van der Waals surface area contributed by atoms with Gasteiger partial charge in [-0.05, 0) is 18.9 Å². The van der Waals surface area contributed by atoms with Crippen molar-refractivity contribution in [1.82, 2.24) is 4.90 Å². The highest BCUT2D eigenvalue weighted by atomic mass is 16.5. The van der Waals surface area contributed by atoms with Crippen molar-refractivity contribution in [1.29, 1.82) is 0 Å². The maximum atomic E-state index is 6.04. The molecule has 0 aliphatic carbocycles. The Morgan fingerprint density at radius 1 is 1.19 bits per heavy atom. The summed E-state index contributed by atoms with van der Waals surface area (Å²) >= 11 is 0. The van der Waals surface area contributed by atoms with Crippen LogP contribution in [0.3, 0.4) is 0 Å². The van der Waals surface area contributed by atoms with Crippen molar-refractivity contribution in [2.75, 3.05) is 33.9 Å². The molecule has 16 heavy (non-hydrogen) atoms. The predicted octanol–water partition coefficient (Wildman–Crippen LogP) is 0.705. The van der Waals surface area contributed by atoms with Gasteiger partial charge in [-0.2, -0.15) is 0 Å². The van der Waals surface area contributed by atoms with E-state index >= 15 is 0 Å². The molecule has 96 valence electrons. The van der Waals surface area contributed by atoms with Crippen LogP contribution >= 0.6 is 0 Å². The number of methoxy groups -OCH3 is 2. The van der Waals surface area contributed by atoms with Crippen LogP contribution in [0.4, 0.5) is 0 Å². The van der Waals surface area contributed by atoms with Crippen LogP contribution in [0.25, 0.3) is 0 Å². The molecular weight excluding hydrogens is 204 g/mol. The largest absolute Gasteiger partial charge is 0.377 e. The monoisotopic (exact) mass is 230 g/mol. The highest BCUT2D eigenvalue weighted by molar-refractivity contribution is 4.86.